The number of ether oxygens (including phenoxy) is 1. The first-order chi connectivity index (χ1) is 13.6. The Morgan fingerprint density at radius 1 is 1.14 bits per heavy atom. The third-order valence-corrected chi connectivity index (χ3v) is 9.40. The van der Waals surface area contributed by atoms with E-state index in [2.05, 4.69) is 48.0 Å². The molecular weight excluding hydrogens is 428 g/mol. The smallest absolute Gasteiger partial charge is 0.127 e. The molecule has 4 rings (SSSR count). The van der Waals surface area contributed by atoms with Crippen LogP contribution >= 0.6 is 44.7 Å². The zero-order chi connectivity index (χ0) is 19.5. The minimum Gasteiger partial charge on any atom is -0.489 e. The third kappa shape index (κ3) is 4.62. The van der Waals surface area contributed by atoms with Crippen LogP contribution < -0.4 is 4.74 Å². The van der Waals surface area contributed by atoms with E-state index in [0.717, 1.165) is 10.6 Å². The lowest BCUT2D eigenvalue weighted by Crippen LogP contribution is -2.15. The number of halogens is 1. The van der Waals surface area contributed by atoms with Crippen molar-refractivity contribution in [3.8, 4) is 5.75 Å². The van der Waals surface area contributed by atoms with Gasteiger partial charge in [-0.15, -0.1) is 11.3 Å². The highest BCUT2D eigenvalue weighted by molar-refractivity contribution is 8.77. The largest absolute Gasteiger partial charge is 0.489 e. The topological polar surface area (TPSA) is 9.23 Å². The predicted octanol–water partition coefficient (Wildman–Crippen LogP) is 8.05. The summed E-state index contributed by atoms with van der Waals surface area (Å²) in [6, 6.07) is 16.0. The van der Waals surface area contributed by atoms with Gasteiger partial charge in [-0.25, -0.2) is 4.39 Å². The first kappa shape index (κ1) is 20.0. The van der Waals surface area contributed by atoms with E-state index in [9.17, 15) is 4.39 Å². The molecule has 1 nitrogen and oxygen atoms in total. The number of fused-ring (bicyclic) bond motifs is 1. The van der Waals surface area contributed by atoms with Gasteiger partial charge in [0.15, 0.2) is 0 Å². The molecule has 1 aliphatic heterocycles. The number of rotatable bonds is 5. The van der Waals surface area contributed by atoms with Crippen molar-refractivity contribution in [3.05, 3.63) is 87.4 Å². The predicted molar refractivity (Wildman–Crippen MR) is 122 cm³/mol. The normalized spacial score (nSPS) is 17.4. The van der Waals surface area contributed by atoms with Crippen molar-refractivity contribution in [2.45, 2.75) is 28.2 Å². The Morgan fingerprint density at radius 2 is 2.04 bits per heavy atom. The van der Waals surface area contributed by atoms with E-state index in [1.165, 1.54) is 20.9 Å². The molecule has 0 radical (unpaired) electrons. The van der Waals surface area contributed by atoms with Gasteiger partial charge in [-0.1, -0.05) is 52.4 Å². The van der Waals surface area contributed by atoms with E-state index in [1.807, 2.05) is 22.9 Å². The maximum absolute atomic E-state index is 13.9. The van der Waals surface area contributed by atoms with Crippen molar-refractivity contribution in [2.24, 2.45) is 0 Å². The van der Waals surface area contributed by atoms with Crippen LogP contribution in [-0.2, 0) is 0 Å². The lowest BCUT2D eigenvalue weighted by molar-refractivity contribution is 0.331. The van der Waals surface area contributed by atoms with Crippen molar-refractivity contribution in [1.29, 1.82) is 0 Å². The molecule has 0 amide bonds. The molecule has 1 aromatic heterocycles. The van der Waals surface area contributed by atoms with Crippen LogP contribution in [0.2, 0.25) is 0 Å². The quantitative estimate of drug-likeness (QED) is 0.289. The van der Waals surface area contributed by atoms with Crippen LogP contribution in [0.3, 0.4) is 0 Å². The number of hydrogen-bond donors (Lipinski definition) is 0. The minimum absolute atomic E-state index is 0.163. The Hall–Kier alpha value is -1.34. The molecule has 6 heteroatoms. The molecule has 0 bridgehead atoms. The molecule has 0 spiro atoms. The zero-order valence-electron chi connectivity index (χ0n) is 15.5. The fourth-order valence-electron chi connectivity index (χ4n) is 2.85. The number of benzene rings is 2. The van der Waals surface area contributed by atoms with Gasteiger partial charge in [0.25, 0.3) is 0 Å². The van der Waals surface area contributed by atoms with Crippen LogP contribution in [-0.4, -0.2) is 6.61 Å². The second kappa shape index (κ2) is 8.99. The molecule has 144 valence electrons. The van der Waals surface area contributed by atoms with Crippen LogP contribution in [0.15, 0.2) is 74.0 Å². The first-order valence-corrected chi connectivity index (χ1v) is 12.8. The molecule has 1 atom stereocenters. The summed E-state index contributed by atoms with van der Waals surface area (Å²) < 4.78 is 21.2. The average molecular weight is 447 g/mol. The van der Waals surface area contributed by atoms with Gasteiger partial charge in [0, 0.05) is 10.5 Å². The summed E-state index contributed by atoms with van der Waals surface area (Å²) in [5.74, 6) is 0.793. The van der Waals surface area contributed by atoms with E-state index in [0.29, 0.717) is 12.2 Å². The Morgan fingerprint density at radius 3 is 2.82 bits per heavy atom. The first-order valence-electron chi connectivity index (χ1n) is 8.82. The number of thioether (sulfide) groups is 1. The standard InChI is InChI=1S/C22H19FOS4/c1-14-5-8-20-18(10-14)22(28-27-21-4-3-9-25-21)16(12-24-20)13-26-17-7-6-15(2)19(23)11-17/h3-11,13,22H,12H2,1-2H3/b16-13+. The number of thiophene rings is 1. The maximum atomic E-state index is 13.9. The summed E-state index contributed by atoms with van der Waals surface area (Å²) in [4.78, 5) is 0.903. The molecule has 0 aliphatic carbocycles. The molecule has 0 fully saturated rings. The fourth-order valence-corrected chi connectivity index (χ4v) is 7.52. The summed E-state index contributed by atoms with van der Waals surface area (Å²) in [7, 11) is 3.65. The molecule has 1 unspecified atom stereocenters. The van der Waals surface area contributed by atoms with Crippen LogP contribution in [0.4, 0.5) is 4.39 Å². The Kier molecular flexibility index (Phi) is 6.41. The van der Waals surface area contributed by atoms with Crippen LogP contribution in [0, 0.1) is 19.7 Å². The van der Waals surface area contributed by atoms with Gasteiger partial charge in [0.05, 0.1) is 9.46 Å². The van der Waals surface area contributed by atoms with Gasteiger partial charge in [-0.3, -0.25) is 0 Å². The molecule has 0 N–H and O–H groups in total. The Labute approximate surface area is 181 Å². The van der Waals surface area contributed by atoms with E-state index < -0.39 is 0 Å². The van der Waals surface area contributed by atoms with Gasteiger partial charge in [0.2, 0.25) is 0 Å². The van der Waals surface area contributed by atoms with E-state index >= 15 is 0 Å². The fraction of sp³-hybridized carbons (Fsp3) is 0.182. The molecule has 2 heterocycles. The lowest BCUT2D eigenvalue weighted by Gasteiger charge is -2.28. The SMILES string of the molecule is Cc1ccc2c(c1)C(SSc1cccs1)/C(=C/Sc1ccc(C)c(F)c1)CO2. The maximum Gasteiger partial charge on any atom is 0.127 e. The van der Waals surface area contributed by atoms with E-state index in [4.69, 9.17) is 4.74 Å². The Balaban J connectivity index is 1.60. The summed E-state index contributed by atoms with van der Waals surface area (Å²) in [6.07, 6.45) is 0. The van der Waals surface area contributed by atoms with E-state index in [1.54, 1.807) is 46.9 Å². The second-order valence-electron chi connectivity index (χ2n) is 6.54. The molecule has 0 saturated carbocycles. The summed E-state index contributed by atoms with van der Waals surface area (Å²) in [5.41, 5.74) is 4.31. The van der Waals surface area contributed by atoms with Crippen molar-refractivity contribution in [3.63, 3.8) is 0 Å². The van der Waals surface area contributed by atoms with Gasteiger partial charge in [0.1, 0.15) is 18.2 Å². The highest BCUT2D eigenvalue weighted by Gasteiger charge is 2.27. The molecule has 28 heavy (non-hydrogen) atoms. The number of aryl methyl sites for hydroxylation is 2. The monoisotopic (exact) mass is 446 g/mol. The summed E-state index contributed by atoms with van der Waals surface area (Å²) >= 11 is 3.31. The highest BCUT2D eigenvalue weighted by Crippen LogP contribution is 2.52. The Bertz CT molecular complexity index is 998. The van der Waals surface area contributed by atoms with Crippen molar-refractivity contribution in [2.75, 3.05) is 6.61 Å². The summed E-state index contributed by atoms with van der Waals surface area (Å²) in [5, 5.41) is 4.43. The average Bonchev–Trinajstić information content (AvgIpc) is 3.21. The molecular formula is C22H19FOS4. The van der Waals surface area contributed by atoms with Gasteiger partial charge < -0.3 is 4.74 Å². The molecule has 1 aliphatic rings. The van der Waals surface area contributed by atoms with Crippen LogP contribution in [0.1, 0.15) is 21.9 Å². The molecule has 0 saturated heterocycles. The minimum atomic E-state index is -0.163. The van der Waals surface area contributed by atoms with E-state index in [-0.39, 0.29) is 11.1 Å². The van der Waals surface area contributed by atoms with Crippen LogP contribution in [0.25, 0.3) is 0 Å². The summed E-state index contributed by atoms with van der Waals surface area (Å²) in [6.45, 7) is 4.45. The van der Waals surface area contributed by atoms with Gasteiger partial charge in [-0.05, 0) is 70.8 Å². The number of hydrogen-bond acceptors (Lipinski definition) is 5. The molecule has 2 aromatic carbocycles. The van der Waals surface area contributed by atoms with Crippen molar-refractivity contribution in [1.82, 2.24) is 0 Å². The van der Waals surface area contributed by atoms with Crippen molar-refractivity contribution < 1.29 is 9.13 Å². The molecule has 3 aromatic rings. The zero-order valence-corrected chi connectivity index (χ0v) is 18.7. The third-order valence-electron chi connectivity index (χ3n) is 4.39. The van der Waals surface area contributed by atoms with Crippen molar-refractivity contribution >= 4 is 44.7 Å². The highest BCUT2D eigenvalue weighted by atomic mass is 33.1. The lowest BCUT2D eigenvalue weighted by atomic mass is 10.0. The van der Waals surface area contributed by atoms with Gasteiger partial charge >= 0.3 is 0 Å². The van der Waals surface area contributed by atoms with Gasteiger partial charge in [-0.2, -0.15) is 0 Å². The van der Waals surface area contributed by atoms with Crippen LogP contribution in [0.5, 0.6) is 5.75 Å². The second-order valence-corrected chi connectivity index (χ2v) is 11.0.